The van der Waals surface area contributed by atoms with Crippen molar-refractivity contribution in [2.24, 2.45) is 11.8 Å². The number of hydrogen-bond donors (Lipinski definition) is 0. The Hall–Kier alpha value is -1.47. The van der Waals surface area contributed by atoms with E-state index in [4.69, 9.17) is 23.7 Å². The van der Waals surface area contributed by atoms with Gasteiger partial charge in [-0.25, -0.2) is 0 Å². The fourth-order valence-electron chi connectivity index (χ4n) is 4.48. The largest absolute Gasteiger partial charge is 0.490 e. The molecule has 1 aromatic carbocycles. The molecule has 6 nitrogen and oxygen atoms in total. The third-order valence-electron chi connectivity index (χ3n) is 5.76. The normalized spacial score (nSPS) is 30.5. The lowest BCUT2D eigenvalue weighted by Gasteiger charge is -2.33. The average molecular weight is 392 g/mol. The second kappa shape index (κ2) is 10.9. The summed E-state index contributed by atoms with van der Waals surface area (Å²) in [6, 6.07) is 9.79. The van der Waals surface area contributed by atoms with Crippen LogP contribution in [0.25, 0.3) is 0 Å². The molecule has 0 amide bonds. The van der Waals surface area contributed by atoms with Crippen molar-refractivity contribution in [3.8, 4) is 5.75 Å². The summed E-state index contributed by atoms with van der Waals surface area (Å²) in [6.07, 6.45) is 5.14. The molecule has 1 saturated carbocycles. The Balaban J connectivity index is 1.80. The molecule has 5 atom stereocenters. The zero-order valence-electron chi connectivity index (χ0n) is 16.8. The van der Waals surface area contributed by atoms with Gasteiger partial charge in [0.1, 0.15) is 18.1 Å². The van der Waals surface area contributed by atoms with E-state index < -0.39 is 6.29 Å². The van der Waals surface area contributed by atoms with Gasteiger partial charge < -0.3 is 28.5 Å². The summed E-state index contributed by atoms with van der Waals surface area (Å²) in [7, 11) is 3.29. The third kappa shape index (κ3) is 5.32. The van der Waals surface area contributed by atoms with Gasteiger partial charge in [-0.15, -0.1) is 0 Å². The van der Waals surface area contributed by atoms with Crippen LogP contribution in [0, 0.1) is 11.8 Å². The summed E-state index contributed by atoms with van der Waals surface area (Å²) in [5.74, 6) is 0.876. The lowest BCUT2D eigenvalue weighted by molar-refractivity contribution is -0.227. The molecule has 1 aliphatic carbocycles. The highest BCUT2D eigenvalue weighted by atomic mass is 16.7. The average Bonchev–Trinajstić information content (AvgIpc) is 3.05. The summed E-state index contributed by atoms with van der Waals surface area (Å²) >= 11 is 0. The second-order valence-corrected chi connectivity index (χ2v) is 7.50. The molecule has 0 radical (unpaired) electrons. The van der Waals surface area contributed by atoms with Gasteiger partial charge in [-0.1, -0.05) is 18.2 Å². The first kappa shape index (κ1) is 21.2. The quantitative estimate of drug-likeness (QED) is 0.448. The first-order chi connectivity index (χ1) is 13.8. The molecular weight excluding hydrogens is 360 g/mol. The number of aldehydes is 1. The summed E-state index contributed by atoms with van der Waals surface area (Å²) in [5.41, 5.74) is 0. The van der Waals surface area contributed by atoms with Crippen LogP contribution in [-0.2, 0) is 23.7 Å². The van der Waals surface area contributed by atoms with Crippen molar-refractivity contribution in [1.82, 2.24) is 0 Å². The van der Waals surface area contributed by atoms with Crippen molar-refractivity contribution in [3.05, 3.63) is 30.3 Å². The summed E-state index contributed by atoms with van der Waals surface area (Å²) < 4.78 is 29.8. The predicted molar refractivity (Wildman–Crippen MR) is 104 cm³/mol. The molecule has 0 aromatic heterocycles. The smallest absolute Gasteiger partial charge is 0.162 e. The van der Waals surface area contributed by atoms with Crippen molar-refractivity contribution < 1.29 is 28.5 Å². The highest BCUT2D eigenvalue weighted by Gasteiger charge is 2.50. The Morgan fingerprint density at radius 2 is 1.93 bits per heavy atom. The van der Waals surface area contributed by atoms with E-state index in [1.807, 2.05) is 30.3 Å². The van der Waals surface area contributed by atoms with Crippen LogP contribution in [0.5, 0.6) is 5.75 Å². The van der Waals surface area contributed by atoms with E-state index in [1.165, 1.54) is 0 Å². The standard InChI is InChI=1S/C22H32O6/c1-24-22(25-2)21-17(11-8-13-23)18(27-16-9-4-3-5-10-16)15-19(21)28-20-12-6-7-14-26-20/h3-5,9-10,13,17-22H,6-8,11-12,14-15H2,1-2H3/t17-,18+,19+,20?,21+/m1/s1. The van der Waals surface area contributed by atoms with Gasteiger partial charge >= 0.3 is 0 Å². The molecule has 0 spiro atoms. The van der Waals surface area contributed by atoms with E-state index in [1.54, 1.807) is 14.2 Å². The number of carbonyl (C=O) groups excluding carboxylic acids is 1. The Kier molecular flexibility index (Phi) is 8.27. The molecule has 156 valence electrons. The minimum absolute atomic E-state index is 0.0332. The van der Waals surface area contributed by atoms with Crippen LogP contribution >= 0.6 is 0 Å². The number of methoxy groups -OCH3 is 2. The molecule has 1 saturated heterocycles. The van der Waals surface area contributed by atoms with Gasteiger partial charge in [-0.3, -0.25) is 0 Å². The highest BCUT2D eigenvalue weighted by molar-refractivity contribution is 5.49. The summed E-state index contributed by atoms with van der Waals surface area (Å²) in [4.78, 5) is 11.1. The number of rotatable bonds is 10. The molecule has 1 unspecified atom stereocenters. The molecule has 2 fully saturated rings. The Bertz CT molecular complexity index is 570. The SMILES string of the molecule is COC(OC)[C@H]1[C@H](CCC=O)[C@@H](Oc2ccccc2)C[C@@H]1OC1CCCCO1. The van der Waals surface area contributed by atoms with Gasteiger partial charge in [0.2, 0.25) is 0 Å². The Morgan fingerprint density at radius 1 is 1.14 bits per heavy atom. The highest BCUT2D eigenvalue weighted by Crippen LogP contribution is 2.43. The number of hydrogen-bond acceptors (Lipinski definition) is 6. The predicted octanol–water partition coefficient (Wildman–Crippen LogP) is 3.58. The molecule has 1 heterocycles. The van der Waals surface area contributed by atoms with E-state index in [2.05, 4.69) is 0 Å². The van der Waals surface area contributed by atoms with Crippen LogP contribution in [0.2, 0.25) is 0 Å². The topological polar surface area (TPSA) is 63.2 Å². The first-order valence-electron chi connectivity index (χ1n) is 10.2. The minimum Gasteiger partial charge on any atom is -0.490 e. The number of benzene rings is 1. The monoisotopic (exact) mass is 392 g/mol. The molecule has 0 bridgehead atoms. The van der Waals surface area contributed by atoms with E-state index >= 15 is 0 Å². The molecule has 0 N–H and O–H groups in total. The maximum atomic E-state index is 11.1. The van der Waals surface area contributed by atoms with Crippen molar-refractivity contribution in [2.75, 3.05) is 20.8 Å². The van der Waals surface area contributed by atoms with Crippen LogP contribution in [-0.4, -0.2) is 51.9 Å². The maximum absolute atomic E-state index is 11.1. The minimum atomic E-state index is -0.422. The summed E-state index contributed by atoms with van der Waals surface area (Å²) in [5, 5.41) is 0. The van der Waals surface area contributed by atoms with Crippen LogP contribution in [0.4, 0.5) is 0 Å². The van der Waals surface area contributed by atoms with Crippen LogP contribution in [0.15, 0.2) is 30.3 Å². The van der Waals surface area contributed by atoms with Gasteiger partial charge in [-0.05, 0) is 37.8 Å². The van der Waals surface area contributed by atoms with Crippen molar-refractivity contribution in [2.45, 2.75) is 63.3 Å². The Morgan fingerprint density at radius 3 is 2.57 bits per heavy atom. The van der Waals surface area contributed by atoms with Gasteiger partial charge in [0, 0.05) is 45.5 Å². The van der Waals surface area contributed by atoms with E-state index in [9.17, 15) is 4.79 Å². The van der Waals surface area contributed by atoms with Gasteiger partial charge in [0.05, 0.1) is 6.10 Å². The Labute approximate surface area is 167 Å². The number of para-hydroxylation sites is 1. The number of ether oxygens (including phenoxy) is 5. The molecule has 28 heavy (non-hydrogen) atoms. The molecule has 1 aromatic rings. The van der Waals surface area contributed by atoms with Crippen LogP contribution < -0.4 is 4.74 Å². The fraction of sp³-hybridized carbons (Fsp3) is 0.682. The molecule has 2 aliphatic rings. The van der Waals surface area contributed by atoms with Crippen molar-refractivity contribution in [3.63, 3.8) is 0 Å². The van der Waals surface area contributed by atoms with E-state index in [-0.39, 0.29) is 30.3 Å². The van der Waals surface area contributed by atoms with Gasteiger partial charge in [0.25, 0.3) is 0 Å². The molecular formula is C22H32O6. The molecule has 6 heteroatoms. The number of carbonyl (C=O) groups is 1. The fourth-order valence-corrected chi connectivity index (χ4v) is 4.48. The van der Waals surface area contributed by atoms with Crippen LogP contribution in [0.1, 0.15) is 38.5 Å². The van der Waals surface area contributed by atoms with Gasteiger partial charge in [0.15, 0.2) is 12.6 Å². The maximum Gasteiger partial charge on any atom is 0.162 e. The molecule has 3 rings (SSSR count). The van der Waals surface area contributed by atoms with E-state index in [0.717, 1.165) is 37.9 Å². The zero-order valence-corrected chi connectivity index (χ0v) is 16.8. The van der Waals surface area contributed by atoms with Gasteiger partial charge in [-0.2, -0.15) is 0 Å². The van der Waals surface area contributed by atoms with Crippen LogP contribution in [0.3, 0.4) is 0 Å². The van der Waals surface area contributed by atoms with E-state index in [0.29, 0.717) is 19.3 Å². The second-order valence-electron chi connectivity index (χ2n) is 7.50. The third-order valence-corrected chi connectivity index (χ3v) is 5.76. The lowest BCUT2D eigenvalue weighted by Crippen LogP contribution is -2.39. The molecule has 1 aliphatic heterocycles. The zero-order chi connectivity index (χ0) is 19.8. The first-order valence-corrected chi connectivity index (χ1v) is 10.2. The van der Waals surface area contributed by atoms with Crippen molar-refractivity contribution >= 4 is 6.29 Å². The summed E-state index contributed by atoms with van der Waals surface area (Å²) in [6.45, 7) is 0.735. The van der Waals surface area contributed by atoms with Crippen molar-refractivity contribution in [1.29, 1.82) is 0 Å². The lowest BCUT2D eigenvalue weighted by atomic mass is 9.88.